The van der Waals surface area contributed by atoms with E-state index in [1.54, 1.807) is 6.20 Å². The first kappa shape index (κ1) is 27.2. The Morgan fingerprint density at radius 2 is 1.97 bits per heavy atom. The summed E-state index contributed by atoms with van der Waals surface area (Å²) in [5, 5.41) is 4.54. The summed E-state index contributed by atoms with van der Waals surface area (Å²) in [6.45, 7) is 4.49. The second-order valence-electron chi connectivity index (χ2n) is 11.3. The lowest BCUT2D eigenvalue weighted by molar-refractivity contribution is -0.131. The van der Waals surface area contributed by atoms with Gasteiger partial charge in [-0.2, -0.15) is 9.78 Å². The maximum Gasteiger partial charge on any atom is 0.435 e. The van der Waals surface area contributed by atoms with Gasteiger partial charge in [0, 0.05) is 23.9 Å². The van der Waals surface area contributed by atoms with Crippen LogP contribution < -0.4 is 0 Å². The second-order valence-corrected chi connectivity index (χ2v) is 11.3. The van der Waals surface area contributed by atoms with Crippen molar-refractivity contribution < 1.29 is 14.3 Å². The van der Waals surface area contributed by atoms with Crippen molar-refractivity contribution in [1.29, 1.82) is 0 Å². The zero-order valence-electron chi connectivity index (χ0n) is 23.3. The summed E-state index contributed by atoms with van der Waals surface area (Å²) in [5.74, 6) is 1.21. The molecule has 206 valence electrons. The van der Waals surface area contributed by atoms with Crippen LogP contribution in [-0.4, -0.2) is 45.4 Å². The second kappa shape index (κ2) is 12.6. The van der Waals surface area contributed by atoms with Gasteiger partial charge in [-0.15, -0.1) is 0 Å². The predicted molar refractivity (Wildman–Crippen MR) is 154 cm³/mol. The molecule has 4 aliphatic rings. The molecule has 0 bridgehead atoms. The average Bonchev–Trinajstić information content (AvgIpc) is 3.48. The van der Waals surface area contributed by atoms with Crippen molar-refractivity contribution in [2.75, 3.05) is 6.61 Å². The number of fused-ring (bicyclic) bond motifs is 1. The first-order valence-electron chi connectivity index (χ1n) is 14.7. The summed E-state index contributed by atoms with van der Waals surface area (Å²) in [6.07, 6.45) is 31.1. The number of aryl methyl sites for hydroxylation is 1. The van der Waals surface area contributed by atoms with Gasteiger partial charge < -0.3 is 9.64 Å². The van der Waals surface area contributed by atoms with Crippen molar-refractivity contribution in [3.8, 4) is 0 Å². The number of nitrogens with zero attached hydrogens (tertiary/aromatic N) is 3. The SMILES string of the molecule is CCC(C)N(C(=O)C1=CC=CC(C2CCCC2)C=C1)C1CCc2nn(C(=O)OCC3=CCC=CC=C3)cc2C1. The molecule has 1 saturated carbocycles. The maximum atomic E-state index is 13.9. The minimum atomic E-state index is -0.473. The number of carbonyl (C=O) groups excluding carboxylic acids is 2. The van der Waals surface area contributed by atoms with Gasteiger partial charge in [-0.3, -0.25) is 4.79 Å². The number of rotatable bonds is 7. The Morgan fingerprint density at radius 1 is 1.13 bits per heavy atom. The molecule has 3 atom stereocenters. The van der Waals surface area contributed by atoms with Crippen molar-refractivity contribution in [2.24, 2.45) is 11.8 Å². The van der Waals surface area contributed by atoms with E-state index in [-0.39, 0.29) is 24.6 Å². The van der Waals surface area contributed by atoms with E-state index in [0.29, 0.717) is 18.3 Å². The average molecular weight is 528 g/mol. The van der Waals surface area contributed by atoms with Crippen molar-refractivity contribution in [1.82, 2.24) is 14.7 Å². The van der Waals surface area contributed by atoms with E-state index in [4.69, 9.17) is 4.74 Å². The number of carbonyl (C=O) groups is 2. The van der Waals surface area contributed by atoms with E-state index in [1.807, 2.05) is 24.3 Å². The molecular weight excluding hydrogens is 486 g/mol. The van der Waals surface area contributed by atoms with E-state index in [0.717, 1.165) is 48.1 Å². The Labute approximate surface area is 232 Å². The summed E-state index contributed by atoms with van der Waals surface area (Å²) >= 11 is 0. The highest BCUT2D eigenvalue weighted by atomic mass is 16.6. The highest BCUT2D eigenvalue weighted by molar-refractivity contribution is 5.97. The van der Waals surface area contributed by atoms with E-state index in [9.17, 15) is 9.59 Å². The zero-order valence-corrected chi connectivity index (χ0v) is 23.3. The standard InChI is InChI=1S/C33H41N3O3/c1-3-24(2)36(32(37)28-16-10-15-27(17-18-28)26-13-8-9-14-26)30-19-20-31-29(21-30)22-35(34-31)33(38)39-23-25-11-6-4-5-7-12-25/h4-6,10-12,15-18,22,24,26-27,30H,3,7-9,13-14,19-21,23H2,1-2H3. The van der Waals surface area contributed by atoms with E-state index in [1.165, 1.54) is 30.4 Å². The van der Waals surface area contributed by atoms with Gasteiger partial charge >= 0.3 is 6.09 Å². The Hall–Kier alpha value is -3.41. The molecule has 6 nitrogen and oxygen atoms in total. The minimum Gasteiger partial charge on any atom is -0.443 e. The fourth-order valence-electron chi connectivity index (χ4n) is 6.25. The van der Waals surface area contributed by atoms with Crippen LogP contribution >= 0.6 is 0 Å². The van der Waals surface area contributed by atoms with Crippen LogP contribution in [0.3, 0.4) is 0 Å². The molecular formula is C33H41N3O3. The quantitative estimate of drug-likeness (QED) is 0.398. The number of allylic oxidation sites excluding steroid dienone is 8. The van der Waals surface area contributed by atoms with Gasteiger partial charge in [0.1, 0.15) is 6.61 Å². The molecule has 0 aromatic carbocycles. The number of ether oxygens (including phenoxy) is 1. The normalized spacial score (nSPS) is 23.4. The summed E-state index contributed by atoms with van der Waals surface area (Å²) in [5.41, 5.74) is 3.68. The molecule has 1 aromatic heterocycles. The van der Waals surface area contributed by atoms with Crippen molar-refractivity contribution in [2.45, 2.75) is 83.7 Å². The Bertz CT molecular complexity index is 1240. The number of amides is 1. The monoisotopic (exact) mass is 527 g/mol. The molecule has 0 spiro atoms. The molecule has 1 amide bonds. The largest absolute Gasteiger partial charge is 0.443 e. The first-order chi connectivity index (χ1) is 19.0. The van der Waals surface area contributed by atoms with Gasteiger partial charge in [-0.05, 0) is 80.9 Å². The van der Waals surface area contributed by atoms with Gasteiger partial charge in [-0.25, -0.2) is 4.79 Å². The highest BCUT2D eigenvalue weighted by Crippen LogP contribution is 2.34. The smallest absolute Gasteiger partial charge is 0.435 e. The molecule has 5 rings (SSSR count). The van der Waals surface area contributed by atoms with Gasteiger partial charge in [0.15, 0.2) is 0 Å². The fourth-order valence-corrected chi connectivity index (χ4v) is 6.25. The molecule has 0 N–H and O–H groups in total. The minimum absolute atomic E-state index is 0.0644. The van der Waals surface area contributed by atoms with Gasteiger partial charge in [0.05, 0.1) is 5.69 Å². The summed E-state index contributed by atoms with van der Waals surface area (Å²) in [4.78, 5) is 28.8. The van der Waals surface area contributed by atoms with Crippen molar-refractivity contribution >= 4 is 12.0 Å². The van der Waals surface area contributed by atoms with Crippen LogP contribution in [0.1, 0.15) is 70.1 Å². The fraction of sp³-hybridized carbons (Fsp3) is 0.485. The summed E-state index contributed by atoms with van der Waals surface area (Å²) < 4.78 is 6.86. The molecule has 0 saturated heterocycles. The topological polar surface area (TPSA) is 64.4 Å². The highest BCUT2D eigenvalue weighted by Gasteiger charge is 2.33. The van der Waals surface area contributed by atoms with E-state index < -0.39 is 6.09 Å². The molecule has 1 fully saturated rings. The van der Waals surface area contributed by atoms with E-state index in [2.05, 4.69) is 60.3 Å². The zero-order chi connectivity index (χ0) is 27.2. The molecule has 1 aromatic rings. The van der Waals surface area contributed by atoms with Gasteiger partial charge in [0.25, 0.3) is 5.91 Å². The molecule has 3 unspecified atom stereocenters. The number of hydrogen-bond acceptors (Lipinski definition) is 4. The number of hydrogen-bond donors (Lipinski definition) is 0. The lowest BCUT2D eigenvalue weighted by Gasteiger charge is -2.38. The summed E-state index contributed by atoms with van der Waals surface area (Å²) in [6, 6.07) is 0.182. The van der Waals surface area contributed by atoms with Crippen molar-refractivity contribution in [3.63, 3.8) is 0 Å². The van der Waals surface area contributed by atoms with Crippen LogP contribution in [0.25, 0.3) is 0 Å². The van der Waals surface area contributed by atoms with Gasteiger partial charge in [-0.1, -0.05) is 74.4 Å². The lowest BCUT2D eigenvalue weighted by Crippen LogP contribution is -2.48. The third-order valence-electron chi connectivity index (χ3n) is 8.66. The Balaban J connectivity index is 1.26. The third kappa shape index (κ3) is 6.43. The molecule has 6 heteroatoms. The molecule has 0 radical (unpaired) electrons. The summed E-state index contributed by atoms with van der Waals surface area (Å²) in [7, 11) is 0. The van der Waals surface area contributed by atoms with Crippen LogP contribution in [0.2, 0.25) is 0 Å². The van der Waals surface area contributed by atoms with Crippen LogP contribution in [0.5, 0.6) is 0 Å². The van der Waals surface area contributed by atoms with Gasteiger partial charge in [0.2, 0.25) is 0 Å². The Morgan fingerprint density at radius 3 is 2.79 bits per heavy atom. The molecule has 39 heavy (non-hydrogen) atoms. The van der Waals surface area contributed by atoms with Crippen LogP contribution in [0, 0.1) is 11.8 Å². The maximum absolute atomic E-state index is 13.9. The lowest BCUT2D eigenvalue weighted by atomic mass is 9.90. The Kier molecular flexibility index (Phi) is 8.80. The molecule has 0 aliphatic heterocycles. The first-order valence-corrected chi connectivity index (χ1v) is 14.7. The van der Waals surface area contributed by atoms with E-state index >= 15 is 0 Å². The predicted octanol–water partition coefficient (Wildman–Crippen LogP) is 6.65. The van der Waals surface area contributed by atoms with Crippen LogP contribution in [0.4, 0.5) is 4.79 Å². The third-order valence-corrected chi connectivity index (χ3v) is 8.66. The van der Waals surface area contributed by atoms with Crippen molar-refractivity contribution in [3.05, 3.63) is 89.4 Å². The number of aromatic nitrogens is 2. The molecule has 4 aliphatic carbocycles. The molecule has 1 heterocycles. The van der Waals surface area contributed by atoms with Crippen LogP contribution in [-0.2, 0) is 22.4 Å². The van der Waals surface area contributed by atoms with Crippen LogP contribution in [0.15, 0.2) is 78.1 Å².